The van der Waals surface area contributed by atoms with Crippen LogP contribution in [0, 0.1) is 0 Å². The first-order valence-corrected chi connectivity index (χ1v) is 10.1. The molecule has 132 valence electrons. The van der Waals surface area contributed by atoms with E-state index < -0.39 is 0 Å². The summed E-state index contributed by atoms with van der Waals surface area (Å²) in [5, 5.41) is 0. The smallest absolute Gasteiger partial charge is 0.233 e. The van der Waals surface area contributed by atoms with Crippen LogP contribution < -0.4 is 4.74 Å². The lowest BCUT2D eigenvalue weighted by Gasteiger charge is -2.35. The van der Waals surface area contributed by atoms with Crippen LogP contribution in [0.15, 0.2) is 18.2 Å². The van der Waals surface area contributed by atoms with Gasteiger partial charge in [-0.05, 0) is 62.5 Å². The fraction of sp³-hybridized carbons (Fsp3) is 0.632. The van der Waals surface area contributed by atoms with Gasteiger partial charge in [0.15, 0.2) is 0 Å². The van der Waals surface area contributed by atoms with E-state index >= 15 is 0 Å². The van der Waals surface area contributed by atoms with Crippen LogP contribution in [0.1, 0.15) is 36.9 Å². The quantitative estimate of drug-likeness (QED) is 0.740. The minimum absolute atomic E-state index is 0.135. The number of hydrogen-bond donors (Lipinski definition) is 0. The monoisotopic (exact) mass is 348 g/mol. The first-order chi connectivity index (χ1) is 11.7. The third-order valence-corrected chi connectivity index (χ3v) is 6.11. The zero-order valence-corrected chi connectivity index (χ0v) is 15.6. The maximum absolute atomic E-state index is 12.6. The molecule has 4 nitrogen and oxygen atoms in total. The summed E-state index contributed by atoms with van der Waals surface area (Å²) in [6.07, 6.45) is 3.60. The Hall–Kier alpha value is -1.20. The molecule has 0 radical (unpaired) electrons. The van der Waals surface area contributed by atoms with E-state index in [1.807, 2.05) is 11.0 Å². The third kappa shape index (κ3) is 4.06. The Morgan fingerprint density at radius 2 is 2.08 bits per heavy atom. The molecule has 1 amide bonds. The number of hydrogen-bond acceptors (Lipinski definition) is 4. The number of methoxy groups -OCH3 is 1. The number of carbonyl (C=O) groups is 1. The van der Waals surface area contributed by atoms with Crippen LogP contribution in [0.25, 0.3) is 0 Å². The van der Waals surface area contributed by atoms with E-state index in [-0.39, 0.29) is 11.9 Å². The Kier molecular flexibility index (Phi) is 6.06. The predicted molar refractivity (Wildman–Crippen MR) is 99.8 cm³/mol. The summed E-state index contributed by atoms with van der Waals surface area (Å²) in [6, 6.07) is 6.37. The molecule has 1 fully saturated rings. The molecule has 0 bridgehead atoms. The summed E-state index contributed by atoms with van der Waals surface area (Å²) < 4.78 is 5.34. The Morgan fingerprint density at radius 1 is 1.29 bits per heavy atom. The lowest BCUT2D eigenvalue weighted by atomic mass is 9.93. The zero-order chi connectivity index (χ0) is 16.9. The molecule has 1 saturated heterocycles. The Labute approximate surface area is 149 Å². The highest BCUT2D eigenvalue weighted by Gasteiger charge is 2.27. The molecule has 0 unspecified atom stereocenters. The first kappa shape index (κ1) is 17.6. The van der Waals surface area contributed by atoms with Gasteiger partial charge in [0.2, 0.25) is 5.91 Å². The highest BCUT2D eigenvalue weighted by atomic mass is 32.2. The molecule has 2 aliphatic heterocycles. The second-order valence-corrected chi connectivity index (χ2v) is 7.78. The van der Waals surface area contributed by atoms with Crippen molar-refractivity contribution in [2.45, 2.75) is 32.2 Å². The van der Waals surface area contributed by atoms with Crippen LogP contribution >= 0.6 is 11.8 Å². The number of nitrogens with zero attached hydrogens (tertiary/aromatic N) is 2. The fourth-order valence-electron chi connectivity index (χ4n) is 3.70. The Bertz CT molecular complexity index is 572. The Morgan fingerprint density at radius 3 is 2.83 bits per heavy atom. The number of ether oxygens (including phenoxy) is 1. The molecule has 2 heterocycles. The van der Waals surface area contributed by atoms with Gasteiger partial charge >= 0.3 is 0 Å². The van der Waals surface area contributed by atoms with Crippen molar-refractivity contribution >= 4 is 17.7 Å². The van der Waals surface area contributed by atoms with E-state index in [2.05, 4.69) is 24.0 Å². The standard InChI is InChI=1S/C19H28N2O2S/c1-15-18-13-17(23-2)6-5-16(18)7-10-21(15)19(22)14-24-12-11-20-8-3-4-9-20/h5-6,13,15H,3-4,7-12,14H2,1-2H3/t15-/m1/s1. The van der Waals surface area contributed by atoms with E-state index in [1.54, 1.807) is 18.9 Å². The SMILES string of the molecule is COc1ccc2c(c1)[C@@H](C)N(C(=O)CSCCN1CCCC1)CC2. The fourth-order valence-corrected chi connectivity index (χ4v) is 4.57. The van der Waals surface area contributed by atoms with Crippen LogP contribution in [0.3, 0.4) is 0 Å². The summed E-state index contributed by atoms with van der Waals surface area (Å²) in [7, 11) is 1.69. The van der Waals surface area contributed by atoms with Gasteiger partial charge < -0.3 is 14.5 Å². The number of rotatable bonds is 6. The van der Waals surface area contributed by atoms with Crippen LogP contribution in [0.4, 0.5) is 0 Å². The zero-order valence-electron chi connectivity index (χ0n) is 14.8. The lowest BCUT2D eigenvalue weighted by molar-refractivity contribution is -0.130. The first-order valence-electron chi connectivity index (χ1n) is 8.95. The molecule has 2 aliphatic rings. The van der Waals surface area contributed by atoms with Gasteiger partial charge in [-0.25, -0.2) is 0 Å². The number of amides is 1. The summed E-state index contributed by atoms with van der Waals surface area (Å²) in [5.74, 6) is 2.79. The van der Waals surface area contributed by atoms with E-state index in [9.17, 15) is 4.79 Å². The minimum Gasteiger partial charge on any atom is -0.497 e. The number of fused-ring (bicyclic) bond motifs is 1. The molecule has 1 aromatic carbocycles. The third-order valence-electron chi connectivity index (χ3n) is 5.19. The van der Waals surface area contributed by atoms with Crippen molar-refractivity contribution in [1.29, 1.82) is 0 Å². The molecule has 1 aromatic rings. The molecular formula is C19H28N2O2S. The molecule has 24 heavy (non-hydrogen) atoms. The summed E-state index contributed by atoms with van der Waals surface area (Å²) >= 11 is 1.78. The molecule has 5 heteroatoms. The average molecular weight is 349 g/mol. The van der Waals surface area contributed by atoms with Gasteiger partial charge in [-0.3, -0.25) is 4.79 Å². The normalized spacial score (nSPS) is 20.9. The average Bonchev–Trinajstić information content (AvgIpc) is 3.12. The second kappa shape index (κ2) is 8.26. The van der Waals surface area contributed by atoms with Gasteiger partial charge in [-0.15, -0.1) is 0 Å². The molecule has 0 spiro atoms. The van der Waals surface area contributed by atoms with Gasteiger partial charge in [0.1, 0.15) is 5.75 Å². The van der Waals surface area contributed by atoms with Crippen molar-refractivity contribution in [1.82, 2.24) is 9.80 Å². The lowest BCUT2D eigenvalue weighted by Crippen LogP contribution is -2.40. The summed E-state index contributed by atoms with van der Waals surface area (Å²) in [6.45, 7) is 6.54. The number of likely N-dealkylation sites (tertiary alicyclic amines) is 1. The molecular weight excluding hydrogens is 320 g/mol. The number of carbonyl (C=O) groups excluding carboxylic acids is 1. The second-order valence-electron chi connectivity index (χ2n) is 6.68. The topological polar surface area (TPSA) is 32.8 Å². The van der Waals surface area contributed by atoms with E-state index in [4.69, 9.17) is 4.74 Å². The van der Waals surface area contributed by atoms with Crippen LogP contribution in [-0.2, 0) is 11.2 Å². The molecule has 0 aliphatic carbocycles. The highest BCUT2D eigenvalue weighted by molar-refractivity contribution is 7.99. The van der Waals surface area contributed by atoms with Crippen molar-refractivity contribution in [3.05, 3.63) is 29.3 Å². The van der Waals surface area contributed by atoms with Gasteiger partial charge in [0.25, 0.3) is 0 Å². The van der Waals surface area contributed by atoms with Gasteiger partial charge in [-0.1, -0.05) is 6.07 Å². The molecule has 3 rings (SSSR count). The van der Waals surface area contributed by atoms with Crippen LogP contribution in [0.5, 0.6) is 5.75 Å². The maximum atomic E-state index is 12.6. The van der Waals surface area contributed by atoms with Gasteiger partial charge in [0, 0.05) is 18.8 Å². The summed E-state index contributed by atoms with van der Waals surface area (Å²) in [5.41, 5.74) is 2.57. The number of thioether (sulfide) groups is 1. The molecule has 0 saturated carbocycles. The predicted octanol–water partition coefficient (Wildman–Crippen LogP) is 2.97. The molecule has 0 aromatic heterocycles. The van der Waals surface area contributed by atoms with Crippen molar-refractivity contribution in [2.24, 2.45) is 0 Å². The van der Waals surface area contributed by atoms with E-state index in [0.717, 1.165) is 31.0 Å². The van der Waals surface area contributed by atoms with Crippen molar-refractivity contribution in [2.75, 3.05) is 44.8 Å². The molecule has 0 N–H and O–H groups in total. The molecule has 1 atom stereocenters. The van der Waals surface area contributed by atoms with Crippen molar-refractivity contribution in [3.8, 4) is 5.75 Å². The minimum atomic E-state index is 0.135. The van der Waals surface area contributed by atoms with Gasteiger partial charge in [-0.2, -0.15) is 11.8 Å². The van der Waals surface area contributed by atoms with E-state index in [0.29, 0.717) is 5.75 Å². The largest absolute Gasteiger partial charge is 0.497 e. The Balaban J connectivity index is 1.51. The summed E-state index contributed by atoms with van der Waals surface area (Å²) in [4.78, 5) is 17.2. The van der Waals surface area contributed by atoms with Crippen molar-refractivity contribution in [3.63, 3.8) is 0 Å². The van der Waals surface area contributed by atoms with Crippen LogP contribution in [0.2, 0.25) is 0 Å². The van der Waals surface area contributed by atoms with Gasteiger partial charge in [0.05, 0.1) is 18.9 Å². The number of benzene rings is 1. The van der Waals surface area contributed by atoms with E-state index in [1.165, 1.54) is 37.1 Å². The van der Waals surface area contributed by atoms with Crippen molar-refractivity contribution < 1.29 is 9.53 Å². The van der Waals surface area contributed by atoms with Crippen LogP contribution in [-0.4, -0.2) is 60.5 Å². The maximum Gasteiger partial charge on any atom is 0.233 e. The highest BCUT2D eigenvalue weighted by Crippen LogP contribution is 2.32.